The molecule has 4 unspecified atom stereocenters. The Balaban J connectivity index is 1.39. The number of benzene rings is 3. The molecule has 44 heavy (non-hydrogen) atoms. The molecule has 232 valence electrons. The van der Waals surface area contributed by atoms with Gasteiger partial charge in [-0.15, -0.1) is 0 Å². The van der Waals surface area contributed by atoms with Crippen molar-refractivity contribution in [1.29, 1.82) is 0 Å². The van der Waals surface area contributed by atoms with Crippen LogP contribution in [0.3, 0.4) is 0 Å². The first-order valence-electron chi connectivity index (χ1n) is 13.5. The zero-order valence-electron chi connectivity index (χ0n) is 23.0. The second-order valence-corrected chi connectivity index (χ2v) is 12.7. The van der Waals surface area contributed by atoms with Crippen molar-refractivity contribution < 1.29 is 50.2 Å². The number of sulfone groups is 1. The lowest BCUT2D eigenvalue weighted by Gasteiger charge is -2.31. The van der Waals surface area contributed by atoms with Crippen LogP contribution in [0.4, 0.5) is 23.2 Å². The van der Waals surface area contributed by atoms with Gasteiger partial charge in [-0.1, -0.05) is 18.2 Å². The molecule has 3 N–H and O–H groups in total. The van der Waals surface area contributed by atoms with E-state index in [1.54, 1.807) is 0 Å². The van der Waals surface area contributed by atoms with Crippen LogP contribution in [0, 0.1) is 23.6 Å². The van der Waals surface area contributed by atoms with E-state index >= 15 is 4.39 Å². The van der Waals surface area contributed by atoms with E-state index in [-0.39, 0.29) is 40.0 Å². The number of rotatable bonds is 8. The Hall–Kier alpha value is -4.46. The quantitative estimate of drug-likeness (QED) is 0.287. The van der Waals surface area contributed by atoms with Gasteiger partial charge >= 0.3 is 11.5 Å². The number of hydrogen-bond acceptors (Lipinski definition) is 6. The standard InChI is InChI=1S/C30H26F4N2O7S/c1-43-24-14-23(31)21(15-5-7-16(8-6-15)29(39)40)13-22(24)27(37)36-26-18-10-9-17(11-18)25(26)28(38)35-19-3-2-4-20(12-19)44(41,42)30(32,33)34/h2-8,12-14,17-18,25-26H,9-11H2,1H3,(H,35,38)(H,36,37)(H,39,40). The Kier molecular flexibility index (Phi) is 8.14. The number of ether oxygens (including phenoxy) is 1. The van der Waals surface area contributed by atoms with Crippen molar-refractivity contribution >= 4 is 33.3 Å². The molecule has 0 aliphatic heterocycles. The maximum absolute atomic E-state index is 15.0. The molecule has 14 heteroatoms. The van der Waals surface area contributed by atoms with Gasteiger partial charge in [-0.05, 0) is 73.1 Å². The summed E-state index contributed by atoms with van der Waals surface area (Å²) in [5.74, 6) is -4.17. The second kappa shape index (κ2) is 11.6. The number of carboxylic acids is 1. The first-order valence-corrected chi connectivity index (χ1v) is 14.9. The lowest BCUT2D eigenvalue weighted by Crippen LogP contribution is -2.48. The fourth-order valence-electron chi connectivity index (χ4n) is 6.12. The van der Waals surface area contributed by atoms with Crippen molar-refractivity contribution in [3.05, 3.63) is 77.6 Å². The normalized spacial score (nSPS) is 21.1. The molecule has 9 nitrogen and oxygen atoms in total. The van der Waals surface area contributed by atoms with Crippen LogP contribution in [0.1, 0.15) is 40.0 Å². The van der Waals surface area contributed by atoms with Crippen molar-refractivity contribution in [2.24, 2.45) is 17.8 Å². The lowest BCUT2D eigenvalue weighted by molar-refractivity contribution is -0.122. The Bertz CT molecular complexity index is 1740. The number of alkyl halides is 3. The van der Waals surface area contributed by atoms with E-state index < -0.39 is 55.8 Å². The van der Waals surface area contributed by atoms with Gasteiger partial charge in [-0.25, -0.2) is 17.6 Å². The van der Waals surface area contributed by atoms with E-state index in [9.17, 15) is 36.0 Å². The highest BCUT2D eigenvalue weighted by atomic mass is 32.2. The van der Waals surface area contributed by atoms with Gasteiger partial charge in [0.15, 0.2) is 0 Å². The van der Waals surface area contributed by atoms with Crippen LogP contribution in [0.15, 0.2) is 65.6 Å². The van der Waals surface area contributed by atoms with Crippen LogP contribution in [-0.4, -0.2) is 50.0 Å². The van der Waals surface area contributed by atoms with E-state index in [1.807, 2.05) is 0 Å². The molecule has 2 fully saturated rings. The Labute approximate surface area is 249 Å². The van der Waals surface area contributed by atoms with Gasteiger partial charge in [0.05, 0.1) is 29.1 Å². The van der Waals surface area contributed by atoms with Crippen LogP contribution in [0.5, 0.6) is 5.75 Å². The summed E-state index contributed by atoms with van der Waals surface area (Å²) >= 11 is 0. The highest BCUT2D eigenvalue weighted by Crippen LogP contribution is 2.49. The number of carbonyl (C=O) groups is 3. The maximum Gasteiger partial charge on any atom is 0.501 e. The van der Waals surface area contributed by atoms with Crippen molar-refractivity contribution in [1.82, 2.24) is 5.32 Å². The lowest BCUT2D eigenvalue weighted by atomic mass is 9.83. The van der Waals surface area contributed by atoms with Crippen LogP contribution in [0.25, 0.3) is 11.1 Å². The van der Waals surface area contributed by atoms with Crippen LogP contribution in [-0.2, 0) is 14.6 Å². The topological polar surface area (TPSA) is 139 Å². The summed E-state index contributed by atoms with van der Waals surface area (Å²) in [6, 6.07) is 10.9. The zero-order valence-corrected chi connectivity index (χ0v) is 23.8. The van der Waals surface area contributed by atoms with Gasteiger partial charge in [-0.3, -0.25) is 9.59 Å². The molecule has 5 rings (SSSR count). The van der Waals surface area contributed by atoms with Crippen molar-refractivity contribution in [2.75, 3.05) is 12.4 Å². The number of amides is 2. The molecule has 3 aromatic carbocycles. The summed E-state index contributed by atoms with van der Waals surface area (Å²) < 4.78 is 83.1. The number of anilines is 1. The molecule has 2 aliphatic rings. The van der Waals surface area contributed by atoms with Gasteiger partial charge in [0.2, 0.25) is 5.91 Å². The minimum atomic E-state index is -5.63. The molecule has 2 saturated carbocycles. The monoisotopic (exact) mass is 634 g/mol. The van der Waals surface area contributed by atoms with Crippen LogP contribution in [0.2, 0.25) is 0 Å². The third-order valence-corrected chi connectivity index (χ3v) is 9.69. The highest BCUT2D eigenvalue weighted by molar-refractivity contribution is 7.92. The fourth-order valence-corrected chi connectivity index (χ4v) is 6.93. The minimum Gasteiger partial charge on any atom is -0.496 e. The van der Waals surface area contributed by atoms with Gasteiger partial charge in [0, 0.05) is 23.4 Å². The van der Waals surface area contributed by atoms with Gasteiger partial charge in [-0.2, -0.15) is 13.2 Å². The third-order valence-electron chi connectivity index (χ3n) is 8.21. The minimum absolute atomic E-state index is 0.00468. The molecule has 2 amide bonds. The van der Waals surface area contributed by atoms with Crippen LogP contribution < -0.4 is 15.4 Å². The Morgan fingerprint density at radius 2 is 1.66 bits per heavy atom. The molecule has 3 aromatic rings. The van der Waals surface area contributed by atoms with Gasteiger partial charge in [0.1, 0.15) is 11.6 Å². The average Bonchev–Trinajstić information content (AvgIpc) is 3.58. The van der Waals surface area contributed by atoms with E-state index in [0.29, 0.717) is 18.4 Å². The number of methoxy groups -OCH3 is 1. The van der Waals surface area contributed by atoms with Gasteiger partial charge in [0.25, 0.3) is 15.7 Å². The van der Waals surface area contributed by atoms with Crippen molar-refractivity contribution in [2.45, 2.75) is 35.7 Å². The number of carboxylic acid groups (broad SMARTS) is 1. The van der Waals surface area contributed by atoms with Crippen molar-refractivity contribution in [3.63, 3.8) is 0 Å². The molecule has 0 spiro atoms. The Morgan fingerprint density at radius 3 is 2.30 bits per heavy atom. The largest absolute Gasteiger partial charge is 0.501 e. The second-order valence-electron chi connectivity index (χ2n) is 10.7. The zero-order chi connectivity index (χ0) is 32.0. The predicted octanol–water partition coefficient (Wildman–Crippen LogP) is 5.28. The molecule has 4 atom stereocenters. The number of aromatic carboxylic acids is 1. The van der Waals surface area contributed by atoms with Crippen LogP contribution >= 0.6 is 0 Å². The number of nitrogens with one attached hydrogen (secondary N) is 2. The smallest absolute Gasteiger partial charge is 0.496 e. The molecule has 0 heterocycles. The van der Waals surface area contributed by atoms with Crippen molar-refractivity contribution in [3.8, 4) is 16.9 Å². The van der Waals surface area contributed by atoms with E-state index in [0.717, 1.165) is 30.7 Å². The summed E-state index contributed by atoms with van der Waals surface area (Å²) in [5.41, 5.74) is -5.36. The number of carbonyl (C=O) groups excluding carboxylic acids is 2. The maximum atomic E-state index is 15.0. The first-order chi connectivity index (χ1) is 20.7. The van der Waals surface area contributed by atoms with E-state index in [2.05, 4.69) is 10.6 Å². The number of hydrogen-bond donors (Lipinski definition) is 3. The summed E-state index contributed by atoms with van der Waals surface area (Å²) in [7, 11) is -4.37. The number of halogens is 4. The summed E-state index contributed by atoms with van der Waals surface area (Å²) in [4.78, 5) is 37.2. The Morgan fingerprint density at radius 1 is 0.977 bits per heavy atom. The highest BCUT2D eigenvalue weighted by Gasteiger charge is 2.52. The molecule has 0 radical (unpaired) electrons. The predicted molar refractivity (Wildman–Crippen MR) is 149 cm³/mol. The molecule has 0 saturated heterocycles. The average molecular weight is 635 g/mol. The van der Waals surface area contributed by atoms with E-state index in [1.165, 1.54) is 43.5 Å². The third kappa shape index (κ3) is 5.73. The molecule has 0 aromatic heterocycles. The van der Waals surface area contributed by atoms with Gasteiger partial charge < -0.3 is 20.5 Å². The molecule has 2 aliphatic carbocycles. The fraction of sp³-hybridized carbons (Fsp3) is 0.300. The molecule has 2 bridgehead atoms. The molecular weight excluding hydrogens is 608 g/mol. The first kappa shape index (κ1) is 31.0. The van der Waals surface area contributed by atoms with E-state index in [4.69, 9.17) is 9.84 Å². The summed E-state index contributed by atoms with van der Waals surface area (Å²) in [6.45, 7) is 0. The SMILES string of the molecule is COc1cc(F)c(-c2ccc(C(=O)O)cc2)cc1C(=O)NC1C2CCC(C2)C1C(=O)Nc1cccc(S(=O)(=O)C(F)(F)F)c1. The summed E-state index contributed by atoms with van der Waals surface area (Å²) in [5, 5.41) is 14.5. The molecular formula is C30H26F4N2O7S. The number of fused-ring (bicyclic) bond motifs is 2. The summed E-state index contributed by atoms with van der Waals surface area (Å²) in [6.07, 6.45) is 2.03.